The van der Waals surface area contributed by atoms with E-state index in [2.05, 4.69) is 34.5 Å². The number of fused-ring (bicyclic) bond motifs is 1. The Morgan fingerprint density at radius 3 is 2.42 bits per heavy atom. The molecule has 1 heterocycles. The average Bonchev–Trinajstić information content (AvgIpc) is 2.99. The van der Waals surface area contributed by atoms with Crippen molar-refractivity contribution in [3.8, 4) is 11.5 Å². The maximum Gasteiger partial charge on any atom is 0.245 e. The Morgan fingerprint density at radius 1 is 1.00 bits per heavy atom. The van der Waals surface area contributed by atoms with Crippen molar-refractivity contribution in [1.29, 1.82) is 0 Å². The Bertz CT molecular complexity index is 1380. The van der Waals surface area contributed by atoms with Gasteiger partial charge in [0.1, 0.15) is 6.04 Å². The van der Waals surface area contributed by atoms with Gasteiger partial charge in [0.15, 0.2) is 11.5 Å². The van der Waals surface area contributed by atoms with E-state index in [0.29, 0.717) is 51.1 Å². The van der Waals surface area contributed by atoms with Crippen LogP contribution in [-0.4, -0.2) is 76.4 Å². The van der Waals surface area contributed by atoms with E-state index in [0.717, 1.165) is 35.8 Å². The van der Waals surface area contributed by atoms with Crippen molar-refractivity contribution in [2.24, 2.45) is 5.92 Å². The quantitative estimate of drug-likeness (QED) is 0.250. The minimum atomic E-state index is -0.722. The second kappa shape index (κ2) is 14.7. The van der Waals surface area contributed by atoms with Crippen LogP contribution < -0.4 is 5.32 Å². The van der Waals surface area contributed by atoms with Crippen molar-refractivity contribution in [3.05, 3.63) is 71.8 Å². The summed E-state index contributed by atoms with van der Waals surface area (Å²) in [6, 6.07) is 18.4. The summed E-state index contributed by atoms with van der Waals surface area (Å²) in [5.41, 5.74) is 1.34. The zero-order chi connectivity index (χ0) is 31.0. The number of hydrogen-bond donors (Lipinski definition) is 3. The number of carbonyl (C=O) groups excluding carboxylic acids is 2. The summed E-state index contributed by atoms with van der Waals surface area (Å²) in [4.78, 5) is 31.7. The molecular weight excluding hydrogens is 542 g/mol. The highest BCUT2D eigenvalue weighted by Gasteiger charge is 2.31. The predicted octanol–water partition coefficient (Wildman–Crippen LogP) is 5.24. The Morgan fingerprint density at radius 2 is 1.72 bits per heavy atom. The number of likely N-dealkylation sites (tertiary alicyclic amines) is 1. The minimum absolute atomic E-state index is 0.0856. The molecule has 1 atom stereocenters. The molecule has 3 aromatic carbocycles. The molecule has 0 saturated carbocycles. The van der Waals surface area contributed by atoms with Crippen LogP contribution in [0.1, 0.15) is 58.1 Å². The number of phenols is 2. The predicted molar refractivity (Wildman–Crippen MR) is 170 cm³/mol. The summed E-state index contributed by atoms with van der Waals surface area (Å²) >= 11 is 0. The number of hydrogen-bond acceptors (Lipinski definition) is 6. The lowest BCUT2D eigenvalue weighted by atomic mass is 9.94. The SMILES string of the molecule is CCCN(CCc1cccc(O)c1O)C(=O)[C@H](Cc1ccc2ccccc2c1)NC(=O)C1CCN(COC(C)(C)C)CC1. The van der Waals surface area contributed by atoms with Gasteiger partial charge in [-0.3, -0.25) is 14.5 Å². The molecule has 3 aromatic rings. The molecule has 2 amide bonds. The lowest BCUT2D eigenvalue weighted by Crippen LogP contribution is -2.52. The number of phenolic OH excluding ortho intramolecular Hbond substituents is 2. The lowest BCUT2D eigenvalue weighted by molar-refractivity contribution is -0.138. The zero-order valence-electron chi connectivity index (χ0n) is 26.0. The van der Waals surface area contributed by atoms with Crippen LogP contribution >= 0.6 is 0 Å². The first-order valence-electron chi connectivity index (χ1n) is 15.5. The zero-order valence-corrected chi connectivity index (χ0v) is 26.0. The monoisotopic (exact) mass is 589 g/mol. The summed E-state index contributed by atoms with van der Waals surface area (Å²) in [6.45, 7) is 11.1. The number of piperidine rings is 1. The van der Waals surface area contributed by atoms with Gasteiger partial charge in [-0.25, -0.2) is 0 Å². The van der Waals surface area contributed by atoms with E-state index < -0.39 is 6.04 Å². The van der Waals surface area contributed by atoms with Gasteiger partial charge in [0.25, 0.3) is 0 Å². The number of rotatable bonds is 12. The second-order valence-electron chi connectivity index (χ2n) is 12.6. The van der Waals surface area contributed by atoms with Crippen molar-refractivity contribution in [3.63, 3.8) is 0 Å². The Kier molecular flexibility index (Phi) is 11.0. The van der Waals surface area contributed by atoms with Gasteiger partial charge in [0, 0.05) is 38.5 Å². The van der Waals surface area contributed by atoms with E-state index in [1.807, 2.05) is 45.9 Å². The number of nitrogens with one attached hydrogen (secondary N) is 1. The number of carbonyl (C=O) groups is 2. The molecule has 1 aliphatic heterocycles. The summed E-state index contributed by atoms with van der Waals surface area (Å²) in [7, 11) is 0. The van der Waals surface area contributed by atoms with E-state index in [-0.39, 0.29) is 34.8 Å². The van der Waals surface area contributed by atoms with Crippen LogP contribution in [0.4, 0.5) is 0 Å². The summed E-state index contributed by atoms with van der Waals surface area (Å²) in [5, 5.41) is 25.6. The van der Waals surface area contributed by atoms with Crippen LogP contribution in [0.25, 0.3) is 10.8 Å². The van der Waals surface area contributed by atoms with Gasteiger partial charge in [-0.15, -0.1) is 0 Å². The highest BCUT2D eigenvalue weighted by molar-refractivity contribution is 5.89. The van der Waals surface area contributed by atoms with Crippen LogP contribution in [0, 0.1) is 5.92 Å². The van der Waals surface area contributed by atoms with Gasteiger partial charge < -0.3 is 25.2 Å². The highest BCUT2D eigenvalue weighted by atomic mass is 16.5. The molecule has 1 aliphatic rings. The van der Waals surface area contributed by atoms with Crippen LogP contribution in [-0.2, 0) is 27.2 Å². The Balaban J connectivity index is 1.49. The first kappa shape index (κ1) is 32.3. The van der Waals surface area contributed by atoms with Gasteiger partial charge in [-0.05, 0) is 74.4 Å². The van der Waals surface area contributed by atoms with Crippen LogP contribution in [0.15, 0.2) is 60.7 Å². The smallest absolute Gasteiger partial charge is 0.245 e. The number of para-hydroxylation sites is 1. The molecule has 0 radical (unpaired) electrons. The van der Waals surface area contributed by atoms with Crippen molar-refractivity contribution >= 4 is 22.6 Å². The molecule has 1 saturated heterocycles. The van der Waals surface area contributed by atoms with Gasteiger partial charge in [0.05, 0.1) is 12.3 Å². The molecule has 8 nitrogen and oxygen atoms in total. The molecule has 0 aliphatic carbocycles. The standard InChI is InChI=1S/C35H47N3O5/c1-5-18-38(21-17-27-11-8-12-31(39)32(27)40)34(42)30(23-25-13-14-26-9-6-7-10-29(26)22-25)36-33(41)28-15-19-37(20-16-28)24-43-35(2,3)4/h6-14,22,28,30,39-40H,5,15-21,23-24H2,1-4H3,(H,36,41)/t30-/m0/s1. The van der Waals surface area contributed by atoms with Gasteiger partial charge >= 0.3 is 0 Å². The van der Waals surface area contributed by atoms with E-state index in [4.69, 9.17) is 4.74 Å². The highest BCUT2D eigenvalue weighted by Crippen LogP contribution is 2.29. The van der Waals surface area contributed by atoms with E-state index >= 15 is 0 Å². The first-order valence-corrected chi connectivity index (χ1v) is 15.5. The van der Waals surface area contributed by atoms with Crippen molar-refractivity contribution in [2.45, 2.75) is 71.4 Å². The molecule has 8 heteroatoms. The molecule has 0 aromatic heterocycles. The molecule has 3 N–H and O–H groups in total. The number of aromatic hydroxyl groups is 2. The van der Waals surface area contributed by atoms with E-state index in [1.165, 1.54) is 6.07 Å². The largest absolute Gasteiger partial charge is 0.504 e. The van der Waals surface area contributed by atoms with Crippen LogP contribution in [0.2, 0.25) is 0 Å². The Labute approximate surface area is 255 Å². The topological polar surface area (TPSA) is 102 Å². The van der Waals surface area contributed by atoms with Crippen LogP contribution in [0.5, 0.6) is 11.5 Å². The second-order valence-corrected chi connectivity index (χ2v) is 12.6. The molecule has 0 unspecified atom stereocenters. The summed E-state index contributed by atoms with van der Waals surface area (Å²) < 4.78 is 5.92. The normalized spacial score (nSPS) is 15.3. The summed E-state index contributed by atoms with van der Waals surface area (Å²) in [5.74, 6) is -0.728. The number of nitrogens with zero attached hydrogens (tertiary/aromatic N) is 2. The lowest BCUT2D eigenvalue weighted by Gasteiger charge is -2.34. The van der Waals surface area contributed by atoms with Gasteiger partial charge in [0.2, 0.25) is 11.8 Å². The third kappa shape index (κ3) is 9.18. The van der Waals surface area contributed by atoms with E-state index in [9.17, 15) is 19.8 Å². The van der Waals surface area contributed by atoms with Crippen LogP contribution in [0.3, 0.4) is 0 Å². The van der Waals surface area contributed by atoms with Crippen molar-refractivity contribution in [1.82, 2.24) is 15.1 Å². The molecule has 4 rings (SSSR count). The number of benzene rings is 3. The molecule has 43 heavy (non-hydrogen) atoms. The molecular formula is C35H47N3O5. The maximum absolute atomic E-state index is 14.1. The number of ether oxygens (including phenoxy) is 1. The van der Waals surface area contributed by atoms with Gasteiger partial charge in [-0.2, -0.15) is 0 Å². The molecule has 0 spiro atoms. The first-order chi connectivity index (χ1) is 20.5. The van der Waals surface area contributed by atoms with Crippen molar-refractivity contribution < 1.29 is 24.5 Å². The fourth-order valence-electron chi connectivity index (χ4n) is 5.56. The fourth-order valence-corrected chi connectivity index (χ4v) is 5.56. The maximum atomic E-state index is 14.1. The van der Waals surface area contributed by atoms with Gasteiger partial charge in [-0.1, -0.05) is 61.5 Å². The third-order valence-corrected chi connectivity index (χ3v) is 8.06. The molecule has 1 fully saturated rings. The summed E-state index contributed by atoms with van der Waals surface area (Å²) in [6.07, 6.45) is 2.95. The number of amides is 2. The van der Waals surface area contributed by atoms with E-state index in [1.54, 1.807) is 17.0 Å². The Hall–Kier alpha value is -3.62. The fraction of sp³-hybridized carbons (Fsp3) is 0.486. The molecule has 232 valence electrons. The van der Waals surface area contributed by atoms with Crippen molar-refractivity contribution in [2.75, 3.05) is 32.9 Å². The molecule has 0 bridgehead atoms. The average molecular weight is 590 g/mol. The minimum Gasteiger partial charge on any atom is -0.504 e. The third-order valence-electron chi connectivity index (χ3n) is 8.06.